The molecule has 13 heavy (non-hydrogen) atoms. The highest BCUT2D eigenvalue weighted by atomic mass is 79.9. The molecular formula is C8H6Br2O2S. The maximum Gasteiger partial charge on any atom is 0.192 e. The molecule has 2 rings (SSSR count). The monoisotopic (exact) mass is 324 g/mol. The molecule has 1 aliphatic rings. The minimum absolute atomic E-state index is 0.145. The number of hydrogen-bond donors (Lipinski definition) is 0. The highest BCUT2D eigenvalue weighted by Gasteiger charge is 2.41. The van der Waals surface area contributed by atoms with Crippen molar-refractivity contribution in [1.29, 1.82) is 0 Å². The first-order chi connectivity index (χ1) is 6.05. The molecule has 1 aromatic carbocycles. The largest absolute Gasteiger partial charge is 0.222 e. The third kappa shape index (κ3) is 1.28. The van der Waals surface area contributed by atoms with E-state index in [1.807, 2.05) is 12.1 Å². The van der Waals surface area contributed by atoms with E-state index in [1.54, 1.807) is 12.1 Å². The van der Waals surface area contributed by atoms with Gasteiger partial charge in [-0.05, 0) is 11.6 Å². The van der Waals surface area contributed by atoms with Gasteiger partial charge in [-0.3, -0.25) is 0 Å². The molecule has 0 saturated carbocycles. The Morgan fingerprint density at radius 1 is 1.15 bits per heavy atom. The van der Waals surface area contributed by atoms with Crippen molar-refractivity contribution in [1.82, 2.24) is 0 Å². The molecule has 5 heteroatoms. The van der Waals surface area contributed by atoms with Crippen molar-refractivity contribution in [3.05, 3.63) is 29.8 Å². The average molecular weight is 326 g/mol. The van der Waals surface area contributed by atoms with E-state index in [9.17, 15) is 8.42 Å². The molecule has 2 atom stereocenters. The van der Waals surface area contributed by atoms with Crippen LogP contribution in [0.2, 0.25) is 0 Å². The van der Waals surface area contributed by atoms with Crippen LogP contribution in [0.4, 0.5) is 0 Å². The van der Waals surface area contributed by atoms with Gasteiger partial charge in [-0.2, -0.15) is 0 Å². The highest BCUT2D eigenvalue weighted by Crippen LogP contribution is 2.46. The molecule has 0 spiro atoms. The number of halogens is 2. The molecule has 2 nitrogen and oxygen atoms in total. The Kier molecular flexibility index (Phi) is 2.28. The van der Waals surface area contributed by atoms with Crippen LogP contribution in [0, 0.1) is 0 Å². The van der Waals surface area contributed by atoms with Gasteiger partial charge in [0.25, 0.3) is 0 Å². The molecule has 0 radical (unpaired) electrons. The minimum atomic E-state index is -3.16. The second-order valence-corrected chi connectivity index (χ2v) is 7.45. The third-order valence-corrected chi connectivity index (χ3v) is 7.99. The van der Waals surface area contributed by atoms with Gasteiger partial charge in [0.05, 0.1) is 9.72 Å². The lowest BCUT2D eigenvalue weighted by Crippen LogP contribution is -2.09. The first-order valence-corrected chi connectivity index (χ1v) is 7.04. The van der Waals surface area contributed by atoms with Crippen molar-refractivity contribution in [2.45, 2.75) is 13.9 Å². The lowest BCUT2D eigenvalue weighted by atomic mass is 10.2. The molecule has 0 aliphatic carbocycles. The normalized spacial score (nSPS) is 30.0. The molecule has 0 bridgehead atoms. The standard InChI is InChI=1S/C8H6Br2O2S/c9-7-5-3-1-2-4-6(5)13(11,12)8(7)10/h1-4,7-8H/t7-,8-/m0/s1. The Balaban J connectivity index is 2.76. The average Bonchev–Trinajstić information content (AvgIpc) is 2.30. The summed E-state index contributed by atoms with van der Waals surface area (Å²) >= 11 is 6.52. The lowest BCUT2D eigenvalue weighted by Gasteiger charge is -2.03. The molecule has 1 aliphatic heterocycles. The SMILES string of the molecule is O=S1(=O)c2ccccc2[C@H](Br)[C@H]1Br. The number of fused-ring (bicyclic) bond motifs is 1. The van der Waals surface area contributed by atoms with E-state index in [-0.39, 0.29) is 4.83 Å². The summed E-state index contributed by atoms with van der Waals surface area (Å²) in [5.74, 6) is 0. The van der Waals surface area contributed by atoms with Gasteiger partial charge in [-0.1, -0.05) is 50.1 Å². The van der Waals surface area contributed by atoms with Crippen molar-refractivity contribution in [3.8, 4) is 0 Å². The second-order valence-electron chi connectivity index (χ2n) is 2.84. The quantitative estimate of drug-likeness (QED) is 0.687. The lowest BCUT2D eigenvalue weighted by molar-refractivity contribution is 0.598. The smallest absolute Gasteiger partial charge is 0.192 e. The van der Waals surface area contributed by atoms with Gasteiger partial charge in [0.2, 0.25) is 0 Å². The van der Waals surface area contributed by atoms with Crippen LogP contribution in [-0.4, -0.2) is 12.6 Å². The summed E-state index contributed by atoms with van der Waals surface area (Å²) in [6.07, 6.45) is 0. The Labute approximate surface area is 93.5 Å². The zero-order valence-electron chi connectivity index (χ0n) is 6.44. The second kappa shape index (κ2) is 3.07. The van der Waals surface area contributed by atoms with Gasteiger partial charge in [-0.15, -0.1) is 0 Å². The molecule has 1 aromatic rings. The summed E-state index contributed by atoms with van der Waals surface area (Å²) in [4.78, 5) is 0.285. The minimum Gasteiger partial charge on any atom is -0.222 e. The van der Waals surface area contributed by atoms with Crippen molar-refractivity contribution in [2.75, 3.05) is 0 Å². The maximum atomic E-state index is 11.7. The predicted molar refractivity (Wildman–Crippen MR) is 58.0 cm³/mol. The van der Waals surface area contributed by atoms with Gasteiger partial charge in [0.15, 0.2) is 9.84 Å². The van der Waals surface area contributed by atoms with Crippen molar-refractivity contribution < 1.29 is 8.42 Å². The maximum absolute atomic E-state index is 11.7. The Bertz CT molecular complexity index is 441. The molecule has 0 saturated heterocycles. The molecule has 0 amide bonds. The third-order valence-electron chi connectivity index (χ3n) is 2.05. The number of benzene rings is 1. The fourth-order valence-corrected chi connectivity index (χ4v) is 5.17. The van der Waals surface area contributed by atoms with Gasteiger partial charge in [0.1, 0.15) is 4.16 Å². The zero-order chi connectivity index (χ0) is 9.64. The summed E-state index contributed by atoms with van der Waals surface area (Å²) < 4.78 is 22.9. The fourth-order valence-electron chi connectivity index (χ4n) is 1.39. The van der Waals surface area contributed by atoms with Crippen molar-refractivity contribution >= 4 is 41.7 Å². The Hall–Kier alpha value is 0.130. The van der Waals surface area contributed by atoms with E-state index >= 15 is 0 Å². The highest BCUT2D eigenvalue weighted by molar-refractivity contribution is 9.13. The Morgan fingerprint density at radius 3 is 2.38 bits per heavy atom. The van der Waals surface area contributed by atoms with Crippen LogP contribution in [0.15, 0.2) is 29.2 Å². The van der Waals surface area contributed by atoms with E-state index in [2.05, 4.69) is 31.9 Å². The summed E-state index contributed by atoms with van der Waals surface area (Å²) in [6, 6.07) is 7.04. The van der Waals surface area contributed by atoms with Gasteiger partial charge < -0.3 is 0 Å². The van der Waals surface area contributed by atoms with Crippen molar-refractivity contribution in [3.63, 3.8) is 0 Å². The topological polar surface area (TPSA) is 34.1 Å². The molecule has 0 aromatic heterocycles. The van der Waals surface area contributed by atoms with E-state index in [1.165, 1.54) is 0 Å². The van der Waals surface area contributed by atoms with Gasteiger partial charge in [0, 0.05) is 0 Å². The Morgan fingerprint density at radius 2 is 1.77 bits per heavy atom. The summed E-state index contributed by atoms with van der Waals surface area (Å²) in [5, 5.41) is 0. The van der Waals surface area contributed by atoms with Crippen LogP contribution in [-0.2, 0) is 9.84 Å². The van der Waals surface area contributed by atoms with Crippen LogP contribution < -0.4 is 0 Å². The molecule has 1 heterocycles. The molecule has 0 N–H and O–H groups in total. The van der Waals surface area contributed by atoms with Crippen LogP contribution in [0.3, 0.4) is 0 Å². The van der Waals surface area contributed by atoms with E-state index in [0.29, 0.717) is 4.90 Å². The van der Waals surface area contributed by atoms with Crippen LogP contribution in [0.5, 0.6) is 0 Å². The van der Waals surface area contributed by atoms with E-state index in [4.69, 9.17) is 0 Å². The molecular weight excluding hydrogens is 320 g/mol. The van der Waals surface area contributed by atoms with E-state index < -0.39 is 14.0 Å². The van der Waals surface area contributed by atoms with Crippen LogP contribution >= 0.6 is 31.9 Å². The predicted octanol–water partition coefficient (Wildman–Crippen LogP) is 2.63. The molecule has 0 unspecified atom stereocenters. The van der Waals surface area contributed by atoms with Gasteiger partial charge >= 0.3 is 0 Å². The summed E-state index contributed by atoms with van der Waals surface area (Å²) in [6.45, 7) is 0. The number of sulfone groups is 1. The van der Waals surface area contributed by atoms with Crippen LogP contribution in [0.1, 0.15) is 10.4 Å². The number of alkyl halides is 2. The number of hydrogen-bond acceptors (Lipinski definition) is 2. The summed E-state index contributed by atoms with van der Waals surface area (Å²) in [5.41, 5.74) is 0.837. The first kappa shape index (κ1) is 9.68. The van der Waals surface area contributed by atoms with Gasteiger partial charge in [-0.25, -0.2) is 8.42 Å². The first-order valence-electron chi connectivity index (χ1n) is 3.66. The molecule has 0 fully saturated rings. The molecule has 70 valence electrons. The van der Waals surface area contributed by atoms with Crippen LogP contribution in [0.25, 0.3) is 0 Å². The number of rotatable bonds is 0. The van der Waals surface area contributed by atoms with Crippen molar-refractivity contribution in [2.24, 2.45) is 0 Å². The fraction of sp³-hybridized carbons (Fsp3) is 0.250. The van der Waals surface area contributed by atoms with E-state index in [0.717, 1.165) is 5.56 Å². The zero-order valence-corrected chi connectivity index (χ0v) is 10.4. The summed E-state index contributed by atoms with van der Waals surface area (Å²) in [7, 11) is -3.16.